The van der Waals surface area contributed by atoms with Crippen LogP contribution in [0.4, 0.5) is 0 Å². The lowest BCUT2D eigenvalue weighted by atomic mass is 10.0. The lowest BCUT2D eigenvalue weighted by Gasteiger charge is -2.26. The smallest absolute Gasteiger partial charge is 0.286 e. The minimum atomic E-state index is -0.376. The van der Waals surface area contributed by atoms with E-state index in [1.54, 1.807) is 22.9 Å². The van der Waals surface area contributed by atoms with Gasteiger partial charge in [0.05, 0.1) is 29.1 Å². The molecule has 1 amide bonds. The first-order valence-corrected chi connectivity index (χ1v) is 12.0. The second-order valence-electron chi connectivity index (χ2n) is 8.19. The molecule has 176 valence electrons. The summed E-state index contributed by atoms with van der Waals surface area (Å²) >= 11 is 12.6. The van der Waals surface area contributed by atoms with Crippen LogP contribution in [0.3, 0.4) is 0 Å². The van der Waals surface area contributed by atoms with Gasteiger partial charge in [0.25, 0.3) is 5.91 Å². The van der Waals surface area contributed by atoms with Crippen LogP contribution >= 0.6 is 23.2 Å². The summed E-state index contributed by atoms with van der Waals surface area (Å²) in [5.41, 5.74) is 6.38. The lowest BCUT2D eigenvalue weighted by Crippen LogP contribution is -2.45. The molecule has 0 spiro atoms. The standard InChI is InChI=1S/C25H25Cl2N5O2/c26-19-10-11-22(21(27)15-19)32-24(18-8-6-17(7-9-18)5-4-12-28)20(16-33)23(29-32)25(34)30-31-13-2-1-3-14-31/h6-11,15,33H,1-5,13-14,16H2,(H,30,34). The fourth-order valence-corrected chi connectivity index (χ4v) is 4.63. The van der Waals surface area contributed by atoms with Crippen molar-refractivity contribution < 1.29 is 9.90 Å². The monoisotopic (exact) mass is 497 g/mol. The van der Waals surface area contributed by atoms with Gasteiger partial charge in [0.15, 0.2) is 5.69 Å². The van der Waals surface area contributed by atoms with Crippen LogP contribution in [0.5, 0.6) is 0 Å². The molecule has 0 unspecified atom stereocenters. The molecule has 1 aliphatic rings. The van der Waals surface area contributed by atoms with Gasteiger partial charge in [-0.1, -0.05) is 53.9 Å². The summed E-state index contributed by atoms with van der Waals surface area (Å²) in [4.78, 5) is 13.2. The molecule has 0 saturated carbocycles. The molecule has 1 aliphatic heterocycles. The maximum atomic E-state index is 13.2. The fourth-order valence-electron chi connectivity index (χ4n) is 4.14. The summed E-state index contributed by atoms with van der Waals surface area (Å²) in [6.45, 7) is 1.18. The van der Waals surface area contributed by atoms with Gasteiger partial charge in [-0.3, -0.25) is 10.2 Å². The summed E-state index contributed by atoms with van der Waals surface area (Å²) in [6.07, 6.45) is 4.26. The van der Waals surface area contributed by atoms with E-state index in [1.807, 2.05) is 29.3 Å². The number of halogens is 2. The number of nitrogens with one attached hydrogen (secondary N) is 1. The van der Waals surface area contributed by atoms with E-state index in [-0.39, 0.29) is 18.2 Å². The Morgan fingerprint density at radius 3 is 2.50 bits per heavy atom. The number of piperidine rings is 1. The molecule has 0 radical (unpaired) electrons. The van der Waals surface area contributed by atoms with Crippen molar-refractivity contribution >= 4 is 29.1 Å². The van der Waals surface area contributed by atoms with Crippen molar-refractivity contribution in [3.8, 4) is 23.0 Å². The predicted octanol–water partition coefficient (Wildman–Crippen LogP) is 4.93. The Kier molecular flexibility index (Phi) is 7.86. The molecule has 1 fully saturated rings. The molecule has 1 aromatic heterocycles. The van der Waals surface area contributed by atoms with Gasteiger partial charge in [-0.15, -0.1) is 0 Å². The SMILES string of the molecule is N#CCCc1ccc(-c2c(CO)c(C(=O)NN3CCCCC3)nn2-c2ccc(Cl)cc2Cl)cc1. The molecule has 4 rings (SSSR count). The van der Waals surface area contributed by atoms with E-state index < -0.39 is 0 Å². The minimum absolute atomic E-state index is 0.141. The van der Waals surface area contributed by atoms with Crippen molar-refractivity contribution in [2.24, 2.45) is 0 Å². The number of rotatable bonds is 7. The summed E-state index contributed by atoms with van der Waals surface area (Å²) in [5.74, 6) is -0.373. The summed E-state index contributed by atoms with van der Waals surface area (Å²) in [5, 5.41) is 26.5. The quantitative estimate of drug-likeness (QED) is 0.482. The number of hydrazine groups is 1. The van der Waals surface area contributed by atoms with Crippen LogP contribution in [0.1, 0.15) is 47.3 Å². The zero-order chi connectivity index (χ0) is 24.1. The first kappa shape index (κ1) is 24.2. The molecular weight excluding hydrogens is 473 g/mol. The van der Waals surface area contributed by atoms with Crippen LogP contribution in [-0.2, 0) is 13.0 Å². The highest BCUT2D eigenvalue weighted by atomic mass is 35.5. The second-order valence-corrected chi connectivity index (χ2v) is 9.03. The van der Waals surface area contributed by atoms with Gasteiger partial charge in [0.1, 0.15) is 0 Å². The number of hydrogen-bond donors (Lipinski definition) is 2. The Balaban J connectivity index is 1.80. The van der Waals surface area contributed by atoms with Crippen LogP contribution in [0.25, 0.3) is 16.9 Å². The van der Waals surface area contributed by atoms with E-state index in [0.29, 0.717) is 39.8 Å². The van der Waals surface area contributed by atoms with Crippen molar-refractivity contribution in [1.29, 1.82) is 5.26 Å². The number of carbonyl (C=O) groups excluding carboxylic acids is 1. The van der Waals surface area contributed by atoms with Crippen molar-refractivity contribution in [3.63, 3.8) is 0 Å². The number of aromatic nitrogens is 2. The van der Waals surface area contributed by atoms with E-state index in [4.69, 9.17) is 28.5 Å². The highest BCUT2D eigenvalue weighted by molar-refractivity contribution is 6.35. The number of aliphatic hydroxyl groups is 1. The molecule has 1 saturated heterocycles. The first-order chi connectivity index (χ1) is 16.5. The number of nitriles is 1. The predicted molar refractivity (Wildman–Crippen MR) is 132 cm³/mol. The van der Waals surface area contributed by atoms with Crippen LogP contribution < -0.4 is 5.43 Å². The number of amides is 1. The first-order valence-electron chi connectivity index (χ1n) is 11.2. The molecule has 3 aromatic rings. The zero-order valence-corrected chi connectivity index (χ0v) is 20.1. The average Bonchev–Trinajstić information content (AvgIpc) is 3.23. The van der Waals surface area contributed by atoms with E-state index in [1.165, 1.54) is 0 Å². The van der Waals surface area contributed by atoms with Crippen molar-refractivity contribution in [2.45, 2.75) is 38.7 Å². The van der Waals surface area contributed by atoms with Gasteiger partial charge in [0.2, 0.25) is 0 Å². The van der Waals surface area contributed by atoms with E-state index in [0.717, 1.165) is 43.5 Å². The van der Waals surface area contributed by atoms with Gasteiger partial charge < -0.3 is 5.11 Å². The topological polar surface area (TPSA) is 94.2 Å². The van der Waals surface area contributed by atoms with Gasteiger partial charge >= 0.3 is 0 Å². The molecule has 0 aliphatic carbocycles. The number of aryl methyl sites for hydroxylation is 1. The molecule has 7 nitrogen and oxygen atoms in total. The third-order valence-corrected chi connectivity index (χ3v) is 6.40. The maximum Gasteiger partial charge on any atom is 0.286 e. The molecule has 2 N–H and O–H groups in total. The molecule has 0 bridgehead atoms. The Morgan fingerprint density at radius 2 is 1.85 bits per heavy atom. The second kappa shape index (κ2) is 11.0. The van der Waals surface area contributed by atoms with Crippen molar-refractivity contribution in [2.75, 3.05) is 13.1 Å². The number of nitrogens with zero attached hydrogens (tertiary/aromatic N) is 4. The maximum absolute atomic E-state index is 13.2. The highest BCUT2D eigenvalue weighted by Crippen LogP contribution is 2.33. The van der Waals surface area contributed by atoms with Crippen LogP contribution in [0.15, 0.2) is 42.5 Å². The normalized spacial score (nSPS) is 14.1. The zero-order valence-electron chi connectivity index (χ0n) is 18.6. The van der Waals surface area contributed by atoms with E-state index >= 15 is 0 Å². The Hall–Kier alpha value is -2.89. The number of carbonyl (C=O) groups is 1. The van der Waals surface area contributed by atoms with Crippen molar-refractivity contribution in [1.82, 2.24) is 20.2 Å². The fraction of sp³-hybridized carbons (Fsp3) is 0.320. The molecule has 2 heterocycles. The van der Waals surface area contributed by atoms with E-state index in [2.05, 4.69) is 16.6 Å². The number of hydrogen-bond acceptors (Lipinski definition) is 5. The minimum Gasteiger partial charge on any atom is -0.392 e. The molecule has 0 atom stereocenters. The molecular formula is C25H25Cl2N5O2. The Labute approximate surface area is 208 Å². The van der Waals surface area contributed by atoms with Gasteiger partial charge in [-0.25, -0.2) is 9.69 Å². The third-order valence-electron chi connectivity index (χ3n) is 5.86. The number of aliphatic hydroxyl groups excluding tert-OH is 1. The highest BCUT2D eigenvalue weighted by Gasteiger charge is 2.26. The van der Waals surface area contributed by atoms with Gasteiger partial charge in [0, 0.05) is 35.7 Å². The van der Waals surface area contributed by atoms with Gasteiger partial charge in [-0.2, -0.15) is 10.4 Å². The number of benzene rings is 2. The Morgan fingerprint density at radius 1 is 1.12 bits per heavy atom. The summed E-state index contributed by atoms with van der Waals surface area (Å²) in [7, 11) is 0. The van der Waals surface area contributed by atoms with Crippen LogP contribution in [0.2, 0.25) is 10.0 Å². The van der Waals surface area contributed by atoms with Crippen LogP contribution in [-0.4, -0.2) is 38.9 Å². The summed E-state index contributed by atoms with van der Waals surface area (Å²) < 4.78 is 1.58. The Bertz CT molecular complexity index is 1210. The third kappa shape index (κ3) is 5.26. The van der Waals surface area contributed by atoms with Crippen LogP contribution in [0, 0.1) is 11.3 Å². The summed E-state index contributed by atoms with van der Waals surface area (Å²) in [6, 6.07) is 14.9. The molecule has 2 aromatic carbocycles. The average molecular weight is 498 g/mol. The van der Waals surface area contributed by atoms with Gasteiger partial charge in [-0.05, 0) is 43.0 Å². The largest absolute Gasteiger partial charge is 0.392 e. The van der Waals surface area contributed by atoms with E-state index in [9.17, 15) is 9.90 Å². The lowest BCUT2D eigenvalue weighted by molar-refractivity contribution is 0.0741. The molecule has 9 heteroatoms. The molecule has 34 heavy (non-hydrogen) atoms. The van der Waals surface area contributed by atoms with Crippen molar-refractivity contribution in [3.05, 3.63) is 69.3 Å².